The lowest BCUT2D eigenvalue weighted by Gasteiger charge is -2.34. The predicted octanol–water partition coefficient (Wildman–Crippen LogP) is 4.35. The lowest BCUT2D eigenvalue weighted by molar-refractivity contribution is -0.217. The molecule has 1 atom stereocenters. The zero-order valence-corrected chi connectivity index (χ0v) is 24.2. The second kappa shape index (κ2) is 12.3. The van der Waals surface area contributed by atoms with Gasteiger partial charge in [-0.3, -0.25) is 9.69 Å². The third kappa shape index (κ3) is 7.11. The topological polar surface area (TPSA) is 96.5 Å². The van der Waals surface area contributed by atoms with Crippen LogP contribution in [0.25, 0.3) is 0 Å². The molecule has 43 heavy (non-hydrogen) atoms. The van der Waals surface area contributed by atoms with Gasteiger partial charge < -0.3 is 9.57 Å². The van der Waals surface area contributed by atoms with E-state index in [4.69, 9.17) is 16.3 Å². The molecule has 0 N–H and O–H groups in total. The van der Waals surface area contributed by atoms with Gasteiger partial charge in [-0.15, -0.1) is 0 Å². The lowest BCUT2D eigenvalue weighted by atomic mass is 9.98. The van der Waals surface area contributed by atoms with Crippen LogP contribution in [0.2, 0.25) is 5.02 Å². The van der Waals surface area contributed by atoms with Crippen LogP contribution >= 0.6 is 11.6 Å². The number of nitrogens with zero attached hydrogens (tertiary/aromatic N) is 3. The number of hydroxylamine groups is 1. The monoisotopic (exact) mass is 651 g/mol. The number of halogens is 6. The van der Waals surface area contributed by atoms with Gasteiger partial charge in [-0.25, -0.2) is 13.6 Å². The molecule has 1 saturated carbocycles. The first-order valence-corrected chi connectivity index (χ1v) is 15.3. The van der Waals surface area contributed by atoms with Gasteiger partial charge in [0.2, 0.25) is 0 Å². The molecular formula is C27H27ClF5N3O6S. The van der Waals surface area contributed by atoms with E-state index < -0.39 is 49.9 Å². The first-order valence-electron chi connectivity index (χ1n) is 13.5. The Morgan fingerprint density at radius 3 is 2.40 bits per heavy atom. The molecule has 0 spiro atoms. The minimum absolute atomic E-state index is 0.0739. The van der Waals surface area contributed by atoms with Crippen molar-refractivity contribution in [1.29, 1.82) is 0 Å². The summed E-state index contributed by atoms with van der Waals surface area (Å²) in [6.45, 7) is 1.30. The fourth-order valence-corrected chi connectivity index (χ4v) is 6.61. The summed E-state index contributed by atoms with van der Waals surface area (Å²) < 4.78 is 99.3. The molecule has 16 heteroatoms. The minimum atomic E-state index is -5.61. The van der Waals surface area contributed by atoms with Crippen LogP contribution in [-0.2, 0) is 37.5 Å². The van der Waals surface area contributed by atoms with Gasteiger partial charge >= 0.3 is 28.3 Å². The largest absolute Gasteiger partial charge is 0.493 e. The Morgan fingerprint density at radius 2 is 1.79 bits per heavy atom. The molecule has 3 fully saturated rings. The molecule has 3 aliphatic rings. The number of carbonyl (C=O) groups excluding carboxylic acids is 2. The Hall–Kier alpha value is -2.85. The van der Waals surface area contributed by atoms with Crippen molar-refractivity contribution in [3.8, 4) is 0 Å². The summed E-state index contributed by atoms with van der Waals surface area (Å²) in [6, 6.07) is 6.28. The number of alkyl halides is 3. The van der Waals surface area contributed by atoms with E-state index in [0.29, 0.717) is 66.4 Å². The Balaban J connectivity index is 1.38. The molecule has 234 valence electrons. The number of rotatable bonds is 8. The van der Waals surface area contributed by atoms with E-state index in [1.807, 2.05) is 4.90 Å². The van der Waals surface area contributed by atoms with E-state index in [2.05, 4.69) is 4.84 Å². The summed E-state index contributed by atoms with van der Waals surface area (Å²) in [4.78, 5) is 30.8. The second-order valence-electron chi connectivity index (χ2n) is 10.6. The summed E-state index contributed by atoms with van der Waals surface area (Å²) in [7, 11) is -5.02. The molecule has 2 aromatic carbocycles. The van der Waals surface area contributed by atoms with E-state index in [0.717, 1.165) is 12.1 Å². The summed E-state index contributed by atoms with van der Waals surface area (Å²) >= 11 is 6.16. The molecule has 0 bridgehead atoms. The summed E-state index contributed by atoms with van der Waals surface area (Å²) in [5.74, 6) is -6.41. The number of carbonyl (C=O) groups is 2. The second-order valence-corrected chi connectivity index (χ2v) is 12.8. The number of morpholine rings is 1. The molecule has 1 aliphatic carbocycles. The third-order valence-electron chi connectivity index (χ3n) is 7.47. The Kier molecular flexibility index (Phi) is 9.01. The fourth-order valence-electron chi connectivity index (χ4n) is 4.97. The van der Waals surface area contributed by atoms with E-state index in [-0.39, 0.29) is 36.7 Å². The van der Waals surface area contributed by atoms with Gasteiger partial charge in [0.1, 0.15) is 11.6 Å². The van der Waals surface area contributed by atoms with Gasteiger partial charge in [-0.05, 0) is 70.6 Å². The molecule has 0 aromatic heterocycles. The van der Waals surface area contributed by atoms with Gasteiger partial charge in [0.25, 0.3) is 0 Å². The number of ether oxygens (including phenoxy) is 1. The number of hydrogen-bond acceptors (Lipinski definition) is 7. The van der Waals surface area contributed by atoms with Gasteiger partial charge in [0, 0.05) is 44.2 Å². The summed E-state index contributed by atoms with van der Waals surface area (Å²) in [5.41, 5.74) is 0.918. The molecule has 2 aromatic rings. The number of amides is 1. The van der Waals surface area contributed by atoms with Crippen LogP contribution in [0, 0.1) is 11.6 Å². The van der Waals surface area contributed by atoms with Crippen LogP contribution in [0.1, 0.15) is 52.2 Å². The smallest absolute Gasteiger partial charge is 0.375 e. The van der Waals surface area contributed by atoms with E-state index in [1.165, 1.54) is 12.1 Å². The van der Waals surface area contributed by atoms with E-state index in [9.17, 15) is 35.6 Å². The highest BCUT2D eigenvalue weighted by atomic mass is 35.5. The molecule has 2 heterocycles. The molecule has 1 amide bonds. The molecule has 9 nitrogen and oxygen atoms in total. The summed E-state index contributed by atoms with van der Waals surface area (Å²) in [5, 5.41) is 0.269. The summed E-state index contributed by atoms with van der Waals surface area (Å²) in [6.07, 6.45) is -3.70. The zero-order chi connectivity index (χ0) is 31.1. The van der Waals surface area contributed by atoms with Crippen LogP contribution in [0.5, 0.6) is 0 Å². The predicted molar refractivity (Wildman–Crippen MR) is 142 cm³/mol. The van der Waals surface area contributed by atoms with Crippen molar-refractivity contribution >= 4 is 33.7 Å². The maximum Gasteiger partial charge on any atom is 0.493 e. The maximum atomic E-state index is 15.5. The van der Waals surface area contributed by atoms with Crippen molar-refractivity contribution in [2.45, 2.75) is 50.4 Å². The quantitative estimate of drug-likeness (QED) is 0.309. The Morgan fingerprint density at radius 1 is 1.07 bits per heavy atom. The number of hydrogen-bond donors (Lipinski definition) is 0. The number of benzene rings is 2. The van der Waals surface area contributed by atoms with E-state index in [1.54, 1.807) is 6.07 Å². The zero-order valence-electron chi connectivity index (χ0n) is 22.6. The maximum absolute atomic E-state index is 15.5. The first-order chi connectivity index (χ1) is 20.2. The normalized spacial score (nSPS) is 20.0. The van der Waals surface area contributed by atoms with Crippen molar-refractivity contribution in [1.82, 2.24) is 13.7 Å². The Bertz CT molecular complexity index is 1520. The van der Waals surface area contributed by atoms with Crippen LogP contribution < -0.4 is 0 Å². The van der Waals surface area contributed by atoms with Gasteiger partial charge in [0.15, 0.2) is 0 Å². The molecule has 0 unspecified atom stereocenters. The minimum Gasteiger partial charge on any atom is -0.375 e. The van der Waals surface area contributed by atoms with Crippen molar-refractivity contribution in [3.05, 3.63) is 69.2 Å². The van der Waals surface area contributed by atoms with Crippen molar-refractivity contribution < 1.29 is 49.5 Å². The highest BCUT2D eigenvalue weighted by Gasteiger charge is 2.48. The van der Waals surface area contributed by atoms with Crippen molar-refractivity contribution in [3.63, 3.8) is 0 Å². The standard InChI is InChI=1S/C27H27ClF5N3O6S/c28-23-12-19(29)5-4-17(23)10-20-15-34(8-9-41-20)14-18-11-24(30)22(13-21(18)16-2-3-16)25(37)36(42-26(38)27(31,32)33)43(39,40)35-6-1-7-35/h4-5,11-13,16,20H,1-3,6-10,14-15H2/t20-/m1/s1. The van der Waals surface area contributed by atoms with Crippen molar-refractivity contribution in [2.75, 3.05) is 32.8 Å². The van der Waals surface area contributed by atoms with E-state index >= 15 is 4.39 Å². The van der Waals surface area contributed by atoms with Crippen LogP contribution in [0.3, 0.4) is 0 Å². The van der Waals surface area contributed by atoms with Crippen LogP contribution in [0.15, 0.2) is 30.3 Å². The van der Waals surface area contributed by atoms with Gasteiger partial charge in [0.05, 0.1) is 18.3 Å². The molecule has 5 rings (SSSR count). The molecule has 2 aliphatic heterocycles. The lowest BCUT2D eigenvalue weighted by Crippen LogP contribution is -2.53. The highest BCUT2D eigenvalue weighted by Crippen LogP contribution is 2.43. The van der Waals surface area contributed by atoms with Gasteiger partial charge in [-0.1, -0.05) is 17.7 Å². The molecular weight excluding hydrogens is 625 g/mol. The highest BCUT2D eigenvalue weighted by molar-refractivity contribution is 7.87. The SMILES string of the molecule is O=C(c1cc(C2CC2)c(CN2CCO[C@H](Cc3ccc(F)cc3Cl)C2)cc1F)N(OC(=O)C(F)(F)F)S(=O)(=O)N1CCC1. The van der Waals surface area contributed by atoms with Crippen molar-refractivity contribution in [2.24, 2.45) is 0 Å². The van der Waals surface area contributed by atoms with Crippen LogP contribution in [0.4, 0.5) is 22.0 Å². The first kappa shape index (κ1) is 31.6. The molecule has 0 radical (unpaired) electrons. The molecule has 2 saturated heterocycles. The fraction of sp³-hybridized carbons (Fsp3) is 0.481. The average Bonchev–Trinajstić information content (AvgIpc) is 3.72. The van der Waals surface area contributed by atoms with Crippen LogP contribution in [-0.4, -0.2) is 79.0 Å². The van der Waals surface area contributed by atoms with Gasteiger partial charge in [-0.2, -0.15) is 25.9 Å². The Labute approximate surface area is 249 Å². The average molecular weight is 652 g/mol. The third-order valence-corrected chi connectivity index (χ3v) is 9.50.